The molecule has 0 aromatic carbocycles. The van der Waals surface area contributed by atoms with Gasteiger partial charge in [0.15, 0.2) is 0 Å². The summed E-state index contributed by atoms with van der Waals surface area (Å²) in [5.41, 5.74) is 0. The van der Waals surface area contributed by atoms with Gasteiger partial charge in [-0.2, -0.15) is 3.77 Å². The van der Waals surface area contributed by atoms with Crippen LogP contribution in [0.4, 0.5) is 0 Å². The van der Waals surface area contributed by atoms with Gasteiger partial charge in [0, 0.05) is 10.5 Å². The van der Waals surface area contributed by atoms with E-state index in [0.29, 0.717) is 10.5 Å². The Balaban J connectivity index is 2.28. The second-order valence-corrected chi connectivity index (χ2v) is 6.31. The largest absolute Gasteiger partial charge is 0.248 e. The lowest BCUT2D eigenvalue weighted by Gasteiger charge is -2.02. The topological polar surface area (TPSA) is 29.4 Å². The number of thiol groups is 1. The van der Waals surface area contributed by atoms with E-state index in [1.54, 1.807) is 0 Å². The third-order valence-electron chi connectivity index (χ3n) is 2.13. The molecule has 2 fully saturated rings. The van der Waals surface area contributed by atoms with Gasteiger partial charge in [0.1, 0.15) is 0 Å². The summed E-state index contributed by atoms with van der Waals surface area (Å²) in [6, 6.07) is 0. The predicted molar refractivity (Wildman–Crippen MR) is 45.6 cm³/mol. The summed E-state index contributed by atoms with van der Waals surface area (Å²) in [5, 5.41) is 0.801. The maximum absolute atomic E-state index is 11.8. The fourth-order valence-electron chi connectivity index (χ4n) is 1.22. The van der Waals surface area contributed by atoms with Gasteiger partial charge in [-0.1, -0.05) is 0 Å². The first-order chi connectivity index (χ1) is 4.77. The number of hydrogen-bond donors (Lipinski definition) is 1. The van der Waals surface area contributed by atoms with Crippen LogP contribution in [-0.2, 0) is 9.73 Å². The first-order valence-electron chi connectivity index (χ1n) is 3.65. The molecular weight excluding hydrogens is 166 g/mol. The molecule has 0 spiro atoms. The standard InChI is InChI=1S/C6H11NOS2/c8-10(7-9,5-1-2-5)6-3-4-6/h5-6,9H,1-4H2. The van der Waals surface area contributed by atoms with Crippen molar-refractivity contribution in [3.05, 3.63) is 0 Å². The van der Waals surface area contributed by atoms with Gasteiger partial charge in [-0.25, -0.2) is 4.21 Å². The summed E-state index contributed by atoms with van der Waals surface area (Å²) >= 11 is 3.81. The molecule has 4 heteroatoms. The highest BCUT2D eigenvalue weighted by Gasteiger charge is 2.44. The minimum atomic E-state index is -1.85. The molecule has 0 aromatic heterocycles. The van der Waals surface area contributed by atoms with Crippen LogP contribution in [0.1, 0.15) is 25.7 Å². The van der Waals surface area contributed by atoms with Crippen molar-refractivity contribution >= 4 is 22.5 Å². The zero-order valence-electron chi connectivity index (χ0n) is 5.69. The van der Waals surface area contributed by atoms with E-state index in [-0.39, 0.29) is 0 Å². The van der Waals surface area contributed by atoms with Crippen LogP contribution in [0.15, 0.2) is 3.77 Å². The second kappa shape index (κ2) is 2.14. The Morgan fingerprint density at radius 3 is 1.80 bits per heavy atom. The lowest BCUT2D eigenvalue weighted by molar-refractivity contribution is 0.676. The van der Waals surface area contributed by atoms with Crippen LogP contribution < -0.4 is 0 Å². The molecule has 10 heavy (non-hydrogen) atoms. The highest BCUT2D eigenvalue weighted by Crippen LogP contribution is 2.42. The molecule has 0 radical (unpaired) electrons. The highest BCUT2D eigenvalue weighted by molar-refractivity contribution is 8.01. The zero-order valence-corrected chi connectivity index (χ0v) is 7.40. The second-order valence-electron chi connectivity index (χ2n) is 3.09. The maximum Gasteiger partial charge on any atom is 0.0636 e. The molecule has 2 rings (SSSR count). The molecule has 0 heterocycles. The first kappa shape index (κ1) is 6.98. The Labute approximate surface area is 67.1 Å². The van der Waals surface area contributed by atoms with Crippen molar-refractivity contribution < 1.29 is 4.21 Å². The first-order valence-corrected chi connectivity index (χ1v) is 5.69. The molecule has 58 valence electrons. The van der Waals surface area contributed by atoms with E-state index in [9.17, 15) is 4.21 Å². The molecule has 2 saturated carbocycles. The molecule has 2 nitrogen and oxygen atoms in total. The predicted octanol–water partition coefficient (Wildman–Crippen LogP) is 1.62. The summed E-state index contributed by atoms with van der Waals surface area (Å²) in [6.45, 7) is 0. The maximum atomic E-state index is 11.8. The van der Waals surface area contributed by atoms with Crippen molar-refractivity contribution in [2.45, 2.75) is 36.2 Å². The van der Waals surface area contributed by atoms with E-state index in [4.69, 9.17) is 0 Å². The van der Waals surface area contributed by atoms with Gasteiger partial charge < -0.3 is 0 Å². The summed E-state index contributed by atoms with van der Waals surface area (Å²) in [7, 11) is -1.85. The van der Waals surface area contributed by atoms with Crippen molar-refractivity contribution in [3.63, 3.8) is 0 Å². The van der Waals surface area contributed by atoms with Gasteiger partial charge in [0.2, 0.25) is 0 Å². The summed E-state index contributed by atoms with van der Waals surface area (Å²) < 4.78 is 15.6. The van der Waals surface area contributed by atoms with Gasteiger partial charge >= 0.3 is 0 Å². The molecule has 0 bridgehead atoms. The molecule has 2 aliphatic carbocycles. The minimum absolute atomic E-state index is 0.400. The third kappa shape index (κ3) is 0.975. The van der Waals surface area contributed by atoms with Crippen molar-refractivity contribution in [2.75, 3.05) is 0 Å². The Bertz CT molecular complexity index is 228. The molecule has 0 aliphatic heterocycles. The van der Waals surface area contributed by atoms with Crippen molar-refractivity contribution in [3.8, 4) is 0 Å². The van der Waals surface area contributed by atoms with Crippen molar-refractivity contribution in [1.82, 2.24) is 0 Å². The molecule has 0 saturated heterocycles. The lowest BCUT2D eigenvalue weighted by atomic mass is 10.9. The molecule has 0 amide bonds. The normalized spacial score (nSPS) is 26.5. The van der Waals surface area contributed by atoms with Crippen LogP contribution >= 0.6 is 12.8 Å². The number of rotatable bonds is 2. The van der Waals surface area contributed by atoms with Crippen molar-refractivity contribution in [2.24, 2.45) is 3.77 Å². The molecule has 0 N–H and O–H groups in total. The number of nitrogens with zero attached hydrogens (tertiary/aromatic N) is 1. The van der Waals surface area contributed by atoms with Crippen LogP contribution in [0.5, 0.6) is 0 Å². The van der Waals surface area contributed by atoms with E-state index >= 15 is 0 Å². The molecule has 2 aliphatic rings. The fourth-order valence-corrected chi connectivity index (χ4v) is 4.45. The monoisotopic (exact) mass is 177 g/mol. The number of hydrogen-bond acceptors (Lipinski definition) is 2. The molecular formula is C6H11NOS2. The van der Waals surface area contributed by atoms with E-state index in [1.165, 1.54) is 0 Å². The SMILES string of the molecule is O=S(=NS)(C1CC1)C1CC1. The van der Waals surface area contributed by atoms with Crippen LogP contribution in [-0.4, -0.2) is 14.7 Å². The van der Waals surface area contributed by atoms with Crippen molar-refractivity contribution in [1.29, 1.82) is 0 Å². The zero-order chi connectivity index (χ0) is 7.19. The lowest BCUT2D eigenvalue weighted by Crippen LogP contribution is -2.10. The fraction of sp³-hybridized carbons (Fsp3) is 1.00. The smallest absolute Gasteiger partial charge is 0.0636 e. The molecule has 0 unspecified atom stereocenters. The molecule has 0 aromatic rings. The highest BCUT2D eigenvalue weighted by atomic mass is 32.2. The van der Waals surface area contributed by atoms with Gasteiger partial charge in [0.25, 0.3) is 0 Å². The quantitative estimate of drug-likeness (QED) is 0.638. The van der Waals surface area contributed by atoms with Gasteiger partial charge in [-0.15, -0.1) is 0 Å². The summed E-state index contributed by atoms with van der Waals surface area (Å²) in [6.07, 6.45) is 4.44. The summed E-state index contributed by atoms with van der Waals surface area (Å²) in [4.78, 5) is 0. The van der Waals surface area contributed by atoms with E-state index < -0.39 is 9.73 Å². The minimum Gasteiger partial charge on any atom is -0.248 e. The summed E-state index contributed by atoms with van der Waals surface area (Å²) in [5.74, 6) is 0. The van der Waals surface area contributed by atoms with Gasteiger partial charge in [-0.05, 0) is 38.5 Å². The Hall–Kier alpha value is 0.300. The van der Waals surface area contributed by atoms with Crippen LogP contribution in [0.2, 0.25) is 0 Å². The van der Waals surface area contributed by atoms with Crippen LogP contribution in [0.25, 0.3) is 0 Å². The van der Waals surface area contributed by atoms with Gasteiger partial charge in [-0.3, -0.25) is 0 Å². The van der Waals surface area contributed by atoms with E-state index in [2.05, 4.69) is 16.6 Å². The van der Waals surface area contributed by atoms with E-state index in [1.807, 2.05) is 0 Å². The Morgan fingerprint density at radius 2 is 1.60 bits per heavy atom. The Kier molecular flexibility index (Phi) is 1.49. The molecule has 0 atom stereocenters. The average Bonchev–Trinajstić information content (AvgIpc) is 2.73. The van der Waals surface area contributed by atoms with Gasteiger partial charge in [0.05, 0.1) is 9.73 Å². The van der Waals surface area contributed by atoms with E-state index in [0.717, 1.165) is 25.7 Å². The van der Waals surface area contributed by atoms with Crippen LogP contribution in [0, 0.1) is 0 Å². The average molecular weight is 177 g/mol. The Morgan fingerprint density at radius 1 is 1.20 bits per heavy atom. The van der Waals surface area contributed by atoms with Crippen LogP contribution in [0.3, 0.4) is 0 Å². The third-order valence-corrected chi connectivity index (χ3v) is 6.01.